The van der Waals surface area contributed by atoms with Crippen molar-refractivity contribution in [3.05, 3.63) is 23.2 Å². The van der Waals surface area contributed by atoms with E-state index >= 15 is 0 Å². The van der Waals surface area contributed by atoms with Crippen LogP contribution in [0.2, 0.25) is 5.02 Å². The van der Waals surface area contributed by atoms with Gasteiger partial charge in [0.05, 0.1) is 20.9 Å². The molecule has 1 fully saturated rings. The van der Waals surface area contributed by atoms with E-state index in [0.717, 1.165) is 12.8 Å². The van der Waals surface area contributed by atoms with E-state index in [-0.39, 0.29) is 5.25 Å². The molecule has 1 aliphatic carbocycles. The van der Waals surface area contributed by atoms with Crippen molar-refractivity contribution < 1.29 is 12.6 Å². The lowest BCUT2D eigenvalue weighted by molar-refractivity contribution is 0.487. The first kappa shape index (κ1) is 15.8. The maximum Gasteiger partial charge on any atom is 0.150 e. The van der Waals surface area contributed by atoms with Crippen molar-refractivity contribution in [1.29, 1.82) is 0 Å². The van der Waals surface area contributed by atoms with Crippen LogP contribution in [0.4, 0.5) is 5.69 Å². The molecule has 1 aromatic rings. The maximum atomic E-state index is 12.6. The summed E-state index contributed by atoms with van der Waals surface area (Å²) >= 11 is 5.92. The Morgan fingerprint density at radius 3 is 2.70 bits per heavy atom. The molecule has 4 nitrogen and oxygen atoms in total. The van der Waals surface area contributed by atoms with Crippen molar-refractivity contribution in [3.8, 4) is 0 Å². The van der Waals surface area contributed by atoms with Crippen LogP contribution in [-0.2, 0) is 20.6 Å². The molecule has 0 bridgehead atoms. The van der Waals surface area contributed by atoms with Crippen LogP contribution in [0, 0.1) is 0 Å². The normalized spacial score (nSPS) is 25.3. The number of nitrogen functional groups attached to an aromatic ring is 1. The third kappa shape index (κ3) is 3.54. The molecule has 2 N–H and O–H groups in total. The predicted molar refractivity (Wildman–Crippen MR) is 83.2 cm³/mol. The van der Waals surface area contributed by atoms with Crippen molar-refractivity contribution in [3.63, 3.8) is 0 Å². The second-order valence-electron chi connectivity index (χ2n) is 5.22. The van der Waals surface area contributed by atoms with Crippen molar-refractivity contribution in [1.82, 2.24) is 0 Å². The van der Waals surface area contributed by atoms with Crippen LogP contribution in [0.25, 0.3) is 0 Å². The van der Waals surface area contributed by atoms with Crippen LogP contribution in [0.3, 0.4) is 0 Å². The molecule has 20 heavy (non-hydrogen) atoms. The van der Waals surface area contributed by atoms with Gasteiger partial charge in [-0.2, -0.15) is 0 Å². The number of nitrogens with two attached hydrogens (primary N) is 1. The molecule has 3 atom stereocenters. The summed E-state index contributed by atoms with van der Waals surface area (Å²) in [5.74, 6) is 0. The summed E-state index contributed by atoms with van der Waals surface area (Å²) in [6.45, 7) is 0. The Morgan fingerprint density at radius 2 is 2.05 bits per heavy atom. The fourth-order valence-electron chi connectivity index (χ4n) is 2.55. The van der Waals surface area contributed by atoms with Gasteiger partial charge in [0.25, 0.3) is 0 Å². The first-order valence-electron chi connectivity index (χ1n) is 6.43. The lowest BCUT2D eigenvalue weighted by atomic mass is 10.00. The maximum absolute atomic E-state index is 12.6. The SMILES string of the molecule is CS(=O)(=O)C1CCCC(S(=O)c2cc(Cl)ccc2N)C1. The van der Waals surface area contributed by atoms with Crippen molar-refractivity contribution >= 4 is 37.9 Å². The van der Waals surface area contributed by atoms with E-state index in [9.17, 15) is 12.6 Å². The molecule has 1 saturated carbocycles. The molecule has 3 unspecified atom stereocenters. The lowest BCUT2D eigenvalue weighted by Gasteiger charge is -2.27. The van der Waals surface area contributed by atoms with Gasteiger partial charge >= 0.3 is 0 Å². The predicted octanol–water partition coefficient (Wildman–Crippen LogP) is 2.39. The molecular weight excluding hydrogens is 318 g/mol. The van der Waals surface area contributed by atoms with Gasteiger partial charge in [0.2, 0.25) is 0 Å². The fourth-order valence-corrected chi connectivity index (χ4v) is 5.77. The van der Waals surface area contributed by atoms with E-state index in [4.69, 9.17) is 17.3 Å². The van der Waals surface area contributed by atoms with E-state index in [1.807, 2.05) is 0 Å². The molecule has 112 valence electrons. The molecule has 7 heteroatoms. The molecule has 0 spiro atoms. The molecule has 0 saturated heterocycles. The Bertz CT molecular complexity index is 631. The number of hydrogen-bond acceptors (Lipinski definition) is 4. The third-order valence-corrected chi connectivity index (χ3v) is 7.37. The van der Waals surface area contributed by atoms with Crippen LogP contribution in [0.5, 0.6) is 0 Å². The van der Waals surface area contributed by atoms with Gasteiger partial charge in [0.15, 0.2) is 0 Å². The Hall–Kier alpha value is -0.590. The molecule has 0 heterocycles. The minimum Gasteiger partial charge on any atom is -0.398 e. The minimum absolute atomic E-state index is 0.177. The van der Waals surface area contributed by atoms with Crippen LogP contribution in [0.15, 0.2) is 23.1 Å². The molecule has 0 amide bonds. The number of rotatable bonds is 3. The Morgan fingerprint density at radius 1 is 1.35 bits per heavy atom. The number of benzene rings is 1. The van der Waals surface area contributed by atoms with Gasteiger partial charge in [0, 0.05) is 22.2 Å². The van der Waals surface area contributed by atoms with Crippen molar-refractivity contribution in [2.75, 3.05) is 12.0 Å². The van der Waals surface area contributed by atoms with Gasteiger partial charge in [-0.25, -0.2) is 8.42 Å². The molecule has 0 radical (unpaired) electrons. The van der Waals surface area contributed by atoms with E-state index in [1.54, 1.807) is 18.2 Å². The molecule has 0 aromatic heterocycles. The highest BCUT2D eigenvalue weighted by Crippen LogP contribution is 2.32. The van der Waals surface area contributed by atoms with Gasteiger partial charge in [0.1, 0.15) is 9.84 Å². The Labute approximate surface area is 127 Å². The zero-order chi connectivity index (χ0) is 14.9. The highest BCUT2D eigenvalue weighted by Gasteiger charge is 2.32. The topological polar surface area (TPSA) is 77.2 Å². The summed E-state index contributed by atoms with van der Waals surface area (Å²) in [5.41, 5.74) is 6.29. The molecular formula is C13H18ClNO3S2. The average Bonchev–Trinajstić information content (AvgIpc) is 2.40. The van der Waals surface area contributed by atoms with Crippen LogP contribution >= 0.6 is 11.6 Å². The fraction of sp³-hybridized carbons (Fsp3) is 0.538. The third-order valence-electron chi connectivity index (χ3n) is 3.68. The highest BCUT2D eigenvalue weighted by molar-refractivity contribution is 7.91. The van der Waals surface area contributed by atoms with E-state index in [0.29, 0.717) is 28.4 Å². The summed E-state index contributed by atoms with van der Waals surface area (Å²) in [6.07, 6.45) is 3.85. The van der Waals surface area contributed by atoms with E-state index in [1.165, 1.54) is 6.26 Å². The first-order chi connectivity index (χ1) is 9.29. The Balaban J connectivity index is 2.23. The highest BCUT2D eigenvalue weighted by atomic mass is 35.5. The largest absolute Gasteiger partial charge is 0.398 e. The van der Waals surface area contributed by atoms with Crippen LogP contribution < -0.4 is 5.73 Å². The monoisotopic (exact) mass is 335 g/mol. The smallest absolute Gasteiger partial charge is 0.150 e. The molecule has 1 aromatic carbocycles. The van der Waals surface area contributed by atoms with Crippen LogP contribution in [-0.4, -0.2) is 29.4 Å². The summed E-state index contributed by atoms with van der Waals surface area (Å²) in [6, 6.07) is 4.89. The number of anilines is 1. The zero-order valence-electron chi connectivity index (χ0n) is 11.2. The Kier molecular flexibility index (Phi) is 4.76. The van der Waals surface area contributed by atoms with Crippen molar-refractivity contribution in [2.45, 2.75) is 41.1 Å². The lowest BCUT2D eigenvalue weighted by Crippen LogP contribution is -2.32. The molecule has 1 aliphatic rings. The summed E-state index contributed by atoms with van der Waals surface area (Å²) in [4.78, 5) is 0.511. The van der Waals surface area contributed by atoms with Gasteiger partial charge in [-0.05, 0) is 37.5 Å². The van der Waals surface area contributed by atoms with Gasteiger partial charge in [-0.15, -0.1) is 0 Å². The quantitative estimate of drug-likeness (QED) is 0.860. The summed E-state index contributed by atoms with van der Waals surface area (Å²) < 4.78 is 36.0. The second kappa shape index (κ2) is 6.03. The van der Waals surface area contributed by atoms with Gasteiger partial charge in [-0.1, -0.05) is 18.0 Å². The van der Waals surface area contributed by atoms with Crippen LogP contribution in [0.1, 0.15) is 25.7 Å². The molecule has 0 aliphatic heterocycles. The summed E-state index contributed by atoms with van der Waals surface area (Å²) in [7, 11) is -4.41. The standard InChI is InChI=1S/C13H18ClNO3S2/c1-20(17,18)11-4-2-3-10(8-11)19(16)13-7-9(14)5-6-12(13)15/h5-7,10-11H,2-4,8,15H2,1H3. The van der Waals surface area contributed by atoms with Crippen molar-refractivity contribution in [2.24, 2.45) is 0 Å². The van der Waals surface area contributed by atoms with Gasteiger partial charge in [-0.3, -0.25) is 4.21 Å². The van der Waals surface area contributed by atoms with Gasteiger partial charge < -0.3 is 5.73 Å². The average molecular weight is 336 g/mol. The molecule has 2 rings (SSSR count). The number of sulfone groups is 1. The number of halogens is 1. The summed E-state index contributed by atoms with van der Waals surface area (Å²) in [5, 5.41) is -0.0899. The van der Waals surface area contributed by atoms with E-state index in [2.05, 4.69) is 0 Å². The number of hydrogen-bond donors (Lipinski definition) is 1. The minimum atomic E-state index is -3.08. The first-order valence-corrected chi connectivity index (χ1v) is 9.98. The van der Waals surface area contributed by atoms with E-state index < -0.39 is 25.9 Å². The zero-order valence-corrected chi connectivity index (χ0v) is 13.6. The second-order valence-corrected chi connectivity index (χ2v) is 9.68.